The Hall–Kier alpha value is -0.930. The van der Waals surface area contributed by atoms with Gasteiger partial charge in [-0.05, 0) is 37.3 Å². The molecular weight excluding hydrogens is 226 g/mol. The largest absolute Gasteiger partial charge is 0.454 e. The Morgan fingerprint density at radius 3 is 2.88 bits per heavy atom. The number of hydrogen-bond acceptors (Lipinski definition) is 3. The van der Waals surface area contributed by atoms with Crippen molar-refractivity contribution in [1.29, 1.82) is 0 Å². The topological polar surface area (TPSA) is 44.5 Å². The van der Waals surface area contributed by atoms with Gasteiger partial charge in [0.2, 0.25) is 6.79 Å². The van der Waals surface area contributed by atoms with Crippen molar-refractivity contribution in [2.75, 3.05) is 6.79 Å². The van der Waals surface area contributed by atoms with Gasteiger partial charge in [-0.1, -0.05) is 11.6 Å². The molecule has 2 aliphatic rings. The third-order valence-electron chi connectivity index (χ3n) is 3.40. The number of halogens is 1. The molecule has 0 atom stereocenters. The predicted molar refractivity (Wildman–Crippen MR) is 62.2 cm³/mol. The molecule has 86 valence electrons. The molecular formula is C12H14ClNO2. The van der Waals surface area contributed by atoms with E-state index in [0.29, 0.717) is 0 Å². The maximum absolute atomic E-state index is 6.26. The van der Waals surface area contributed by atoms with Crippen molar-refractivity contribution < 1.29 is 9.47 Å². The third kappa shape index (κ3) is 1.55. The Balaban J connectivity index is 2.03. The van der Waals surface area contributed by atoms with Crippen LogP contribution in [0, 0.1) is 6.92 Å². The summed E-state index contributed by atoms with van der Waals surface area (Å²) in [6, 6.07) is 1.83. The Morgan fingerprint density at radius 2 is 2.19 bits per heavy atom. The average Bonchev–Trinajstić information content (AvgIpc) is 2.77. The van der Waals surface area contributed by atoms with Crippen LogP contribution in [0.15, 0.2) is 6.07 Å². The van der Waals surface area contributed by atoms with E-state index in [1.54, 1.807) is 0 Å². The zero-order valence-corrected chi connectivity index (χ0v) is 9.93. The highest BCUT2D eigenvalue weighted by atomic mass is 35.5. The normalized spacial score (nSPS) is 19.9. The summed E-state index contributed by atoms with van der Waals surface area (Å²) in [6.45, 7) is 2.30. The number of hydrogen-bond donors (Lipinski definition) is 1. The summed E-state index contributed by atoms with van der Waals surface area (Å²) >= 11 is 6.26. The van der Waals surface area contributed by atoms with Crippen molar-refractivity contribution >= 4 is 11.6 Å². The summed E-state index contributed by atoms with van der Waals surface area (Å²) in [5.74, 6) is 1.57. The smallest absolute Gasteiger partial charge is 0.231 e. The highest BCUT2D eigenvalue weighted by Gasteiger charge is 2.39. The molecule has 3 nitrogen and oxygen atoms in total. The van der Waals surface area contributed by atoms with E-state index in [9.17, 15) is 0 Å². The van der Waals surface area contributed by atoms with Gasteiger partial charge in [-0.25, -0.2) is 0 Å². The molecule has 1 heterocycles. The van der Waals surface area contributed by atoms with Crippen LogP contribution >= 0.6 is 11.6 Å². The quantitative estimate of drug-likeness (QED) is 0.862. The zero-order valence-electron chi connectivity index (χ0n) is 9.18. The van der Waals surface area contributed by atoms with Gasteiger partial charge in [-0.3, -0.25) is 0 Å². The lowest BCUT2D eigenvalue weighted by atomic mass is 9.99. The standard InChI is InChI=1S/C12H14ClNO2/c1-7-8(5-12(14)2-3-12)9(13)4-10-11(7)16-6-15-10/h4H,2-3,5-6,14H2,1H3. The molecule has 1 aliphatic carbocycles. The first-order valence-corrected chi connectivity index (χ1v) is 5.83. The molecule has 0 spiro atoms. The third-order valence-corrected chi connectivity index (χ3v) is 3.74. The lowest BCUT2D eigenvalue weighted by Crippen LogP contribution is -2.25. The number of rotatable bonds is 2. The van der Waals surface area contributed by atoms with Crippen molar-refractivity contribution in [3.05, 3.63) is 22.2 Å². The van der Waals surface area contributed by atoms with Gasteiger partial charge < -0.3 is 15.2 Å². The Bertz CT molecular complexity index is 455. The molecule has 1 fully saturated rings. The zero-order chi connectivity index (χ0) is 11.3. The lowest BCUT2D eigenvalue weighted by Gasteiger charge is -2.14. The fraction of sp³-hybridized carbons (Fsp3) is 0.500. The van der Waals surface area contributed by atoms with E-state index in [-0.39, 0.29) is 12.3 Å². The Morgan fingerprint density at radius 1 is 1.44 bits per heavy atom. The van der Waals surface area contributed by atoms with E-state index >= 15 is 0 Å². The second kappa shape index (κ2) is 3.28. The Labute approximate surface area is 99.5 Å². The molecule has 4 heteroatoms. The van der Waals surface area contributed by atoms with Gasteiger partial charge >= 0.3 is 0 Å². The molecule has 16 heavy (non-hydrogen) atoms. The Kier molecular flexibility index (Phi) is 2.10. The molecule has 0 saturated heterocycles. The van der Waals surface area contributed by atoms with Crippen LogP contribution in [0.5, 0.6) is 11.5 Å². The molecule has 1 saturated carbocycles. The summed E-state index contributed by atoms with van der Waals surface area (Å²) < 4.78 is 10.8. The summed E-state index contributed by atoms with van der Waals surface area (Å²) in [5, 5.41) is 0.735. The summed E-state index contributed by atoms with van der Waals surface area (Å²) in [6.07, 6.45) is 2.99. The summed E-state index contributed by atoms with van der Waals surface area (Å²) in [7, 11) is 0. The van der Waals surface area contributed by atoms with Crippen LogP contribution in [0.25, 0.3) is 0 Å². The second-order valence-corrected chi connectivity index (χ2v) is 5.14. The maximum atomic E-state index is 6.26. The molecule has 1 aliphatic heterocycles. The van der Waals surface area contributed by atoms with Gasteiger partial charge in [-0.15, -0.1) is 0 Å². The minimum Gasteiger partial charge on any atom is -0.454 e. The van der Waals surface area contributed by atoms with Crippen LogP contribution in [-0.4, -0.2) is 12.3 Å². The van der Waals surface area contributed by atoms with Gasteiger partial charge in [0.05, 0.1) is 0 Å². The predicted octanol–water partition coefficient (Wildman–Crippen LogP) is 2.41. The molecule has 1 aromatic carbocycles. The summed E-state index contributed by atoms with van der Waals surface area (Å²) in [5.41, 5.74) is 8.26. The van der Waals surface area contributed by atoms with Crippen LogP contribution in [0.3, 0.4) is 0 Å². The molecule has 3 rings (SSSR count). The van der Waals surface area contributed by atoms with Gasteiger partial charge in [0, 0.05) is 16.6 Å². The fourth-order valence-corrected chi connectivity index (χ4v) is 2.42. The van der Waals surface area contributed by atoms with E-state index in [2.05, 4.69) is 0 Å². The van der Waals surface area contributed by atoms with Crippen molar-refractivity contribution in [3.63, 3.8) is 0 Å². The SMILES string of the molecule is Cc1c(CC2(N)CC2)c(Cl)cc2c1OCO2. The van der Waals surface area contributed by atoms with Crippen LogP contribution in [0.1, 0.15) is 24.0 Å². The maximum Gasteiger partial charge on any atom is 0.231 e. The van der Waals surface area contributed by atoms with E-state index in [0.717, 1.165) is 46.9 Å². The first-order valence-electron chi connectivity index (χ1n) is 5.45. The van der Waals surface area contributed by atoms with E-state index in [1.165, 1.54) is 0 Å². The first kappa shape index (κ1) is 10.2. The highest BCUT2D eigenvalue weighted by Crippen LogP contribution is 2.44. The summed E-state index contributed by atoms with van der Waals surface area (Å²) in [4.78, 5) is 0. The van der Waals surface area contributed by atoms with Crippen molar-refractivity contribution in [2.24, 2.45) is 5.73 Å². The second-order valence-electron chi connectivity index (χ2n) is 4.73. The highest BCUT2D eigenvalue weighted by molar-refractivity contribution is 6.31. The van der Waals surface area contributed by atoms with E-state index in [1.807, 2.05) is 13.0 Å². The van der Waals surface area contributed by atoms with Gasteiger partial charge in [0.15, 0.2) is 11.5 Å². The molecule has 0 radical (unpaired) electrons. The van der Waals surface area contributed by atoms with Crippen LogP contribution in [0.4, 0.5) is 0 Å². The van der Waals surface area contributed by atoms with Gasteiger partial charge in [0.25, 0.3) is 0 Å². The van der Waals surface area contributed by atoms with Crippen LogP contribution in [0.2, 0.25) is 5.02 Å². The van der Waals surface area contributed by atoms with Gasteiger partial charge in [0.1, 0.15) is 0 Å². The first-order chi connectivity index (χ1) is 7.59. The van der Waals surface area contributed by atoms with Crippen LogP contribution in [-0.2, 0) is 6.42 Å². The number of benzene rings is 1. The van der Waals surface area contributed by atoms with Crippen molar-refractivity contribution in [1.82, 2.24) is 0 Å². The minimum absolute atomic E-state index is 0.0396. The monoisotopic (exact) mass is 239 g/mol. The number of fused-ring (bicyclic) bond motifs is 1. The molecule has 2 N–H and O–H groups in total. The fourth-order valence-electron chi connectivity index (χ4n) is 2.11. The molecule has 0 bridgehead atoms. The average molecular weight is 240 g/mol. The lowest BCUT2D eigenvalue weighted by molar-refractivity contribution is 0.173. The van der Waals surface area contributed by atoms with Gasteiger partial charge in [-0.2, -0.15) is 0 Å². The number of nitrogens with two attached hydrogens (primary N) is 1. The van der Waals surface area contributed by atoms with Crippen LogP contribution < -0.4 is 15.2 Å². The molecule has 0 aromatic heterocycles. The molecule has 1 aromatic rings. The van der Waals surface area contributed by atoms with E-state index < -0.39 is 0 Å². The minimum atomic E-state index is -0.0396. The molecule has 0 unspecified atom stereocenters. The molecule has 0 amide bonds. The van der Waals surface area contributed by atoms with Crippen molar-refractivity contribution in [3.8, 4) is 11.5 Å². The van der Waals surface area contributed by atoms with E-state index in [4.69, 9.17) is 26.8 Å². The van der Waals surface area contributed by atoms with Crippen molar-refractivity contribution in [2.45, 2.75) is 31.7 Å². The number of ether oxygens (including phenoxy) is 2.